The fraction of sp³-hybridized carbons (Fsp3) is 0.171. The number of ether oxygens (including phenoxy) is 2. The summed E-state index contributed by atoms with van der Waals surface area (Å²) >= 11 is 4.79. The summed E-state index contributed by atoms with van der Waals surface area (Å²) in [7, 11) is 0. The van der Waals surface area contributed by atoms with Gasteiger partial charge in [-0.1, -0.05) is 72.0 Å². The summed E-state index contributed by atoms with van der Waals surface area (Å²) in [5.74, 6) is 0.0245. The Labute approximate surface area is 276 Å². The summed E-state index contributed by atoms with van der Waals surface area (Å²) in [6.07, 6.45) is 1.75. The fourth-order valence-electron chi connectivity index (χ4n) is 5.55. The summed E-state index contributed by atoms with van der Waals surface area (Å²) in [5, 5.41) is 14.1. The van der Waals surface area contributed by atoms with Gasteiger partial charge in [0.2, 0.25) is 0 Å². The van der Waals surface area contributed by atoms with Gasteiger partial charge >= 0.3 is 5.97 Å². The molecule has 1 atom stereocenters. The van der Waals surface area contributed by atoms with E-state index in [2.05, 4.69) is 39.1 Å². The van der Waals surface area contributed by atoms with Crippen molar-refractivity contribution in [2.24, 2.45) is 4.99 Å². The van der Waals surface area contributed by atoms with Crippen LogP contribution in [-0.2, 0) is 16.1 Å². The Morgan fingerprint density at radius 3 is 2.63 bits per heavy atom. The SMILES string of the molecule is CCOC(=O)C1=C(C)N=c2s/c(=C/c3ccc(OCc4cccc5ccccc45)c(Br)c3)c(=O)n2[C@@H]1c1ccc(C)c([N+](=O)[O-])c1. The highest BCUT2D eigenvalue weighted by atomic mass is 79.9. The van der Waals surface area contributed by atoms with Gasteiger partial charge in [-0.05, 0) is 82.4 Å². The molecule has 9 nitrogen and oxygen atoms in total. The van der Waals surface area contributed by atoms with Gasteiger partial charge in [0, 0.05) is 11.6 Å². The first-order valence-corrected chi connectivity index (χ1v) is 16.1. The number of nitrogens with zero attached hydrogens (tertiary/aromatic N) is 3. The third-order valence-corrected chi connectivity index (χ3v) is 9.38. The molecule has 0 amide bonds. The molecule has 0 aliphatic carbocycles. The van der Waals surface area contributed by atoms with Crippen LogP contribution in [0.2, 0.25) is 0 Å². The molecule has 0 spiro atoms. The number of aryl methyl sites for hydroxylation is 1. The van der Waals surface area contributed by atoms with Crippen LogP contribution < -0.4 is 19.6 Å². The quantitative estimate of drug-likeness (QED) is 0.104. The molecule has 1 aromatic heterocycles. The van der Waals surface area contributed by atoms with Crippen LogP contribution >= 0.6 is 27.3 Å². The van der Waals surface area contributed by atoms with Crippen molar-refractivity contribution < 1.29 is 19.2 Å². The van der Waals surface area contributed by atoms with Crippen molar-refractivity contribution in [1.82, 2.24) is 4.57 Å². The molecule has 0 saturated heterocycles. The molecule has 0 unspecified atom stereocenters. The Morgan fingerprint density at radius 1 is 1.09 bits per heavy atom. The summed E-state index contributed by atoms with van der Waals surface area (Å²) in [6, 6.07) is 23.6. The molecule has 0 radical (unpaired) electrons. The van der Waals surface area contributed by atoms with Gasteiger partial charge < -0.3 is 9.47 Å². The number of hydrogen-bond acceptors (Lipinski definition) is 8. The molecule has 0 N–H and O–H groups in total. The second-order valence-corrected chi connectivity index (χ2v) is 12.6. The number of esters is 1. The molecule has 232 valence electrons. The van der Waals surface area contributed by atoms with E-state index in [4.69, 9.17) is 9.47 Å². The van der Waals surface area contributed by atoms with Crippen LogP contribution in [0, 0.1) is 17.0 Å². The van der Waals surface area contributed by atoms with Crippen molar-refractivity contribution in [3.8, 4) is 5.75 Å². The first-order valence-electron chi connectivity index (χ1n) is 14.5. The number of hydrogen-bond donors (Lipinski definition) is 0. The van der Waals surface area contributed by atoms with Crippen molar-refractivity contribution in [2.75, 3.05) is 6.61 Å². The second-order valence-electron chi connectivity index (χ2n) is 10.7. The smallest absolute Gasteiger partial charge is 0.338 e. The number of aromatic nitrogens is 1. The minimum atomic E-state index is -0.951. The van der Waals surface area contributed by atoms with Crippen LogP contribution in [0.5, 0.6) is 5.75 Å². The number of carbonyl (C=O) groups is 1. The van der Waals surface area contributed by atoms with E-state index in [1.165, 1.54) is 22.0 Å². The van der Waals surface area contributed by atoms with Gasteiger partial charge in [-0.25, -0.2) is 9.79 Å². The maximum absolute atomic E-state index is 14.0. The molecule has 4 aromatic carbocycles. The monoisotopic (exact) mass is 697 g/mol. The number of nitro benzene ring substituents is 1. The van der Waals surface area contributed by atoms with Crippen LogP contribution in [-0.4, -0.2) is 22.1 Å². The van der Waals surface area contributed by atoms with Crippen LogP contribution in [0.25, 0.3) is 16.8 Å². The summed E-state index contributed by atoms with van der Waals surface area (Å²) in [6.45, 7) is 5.51. The molecule has 0 bridgehead atoms. The summed E-state index contributed by atoms with van der Waals surface area (Å²) < 4.78 is 14.0. The third kappa shape index (κ3) is 5.91. The van der Waals surface area contributed by atoms with E-state index in [0.717, 1.165) is 26.4 Å². The minimum Gasteiger partial charge on any atom is -0.488 e. The normalized spacial score (nSPS) is 14.6. The molecule has 11 heteroatoms. The highest BCUT2D eigenvalue weighted by Gasteiger charge is 2.34. The molecular weight excluding hydrogens is 670 g/mol. The van der Waals surface area contributed by atoms with Gasteiger partial charge in [0.1, 0.15) is 12.4 Å². The second kappa shape index (κ2) is 12.9. The average Bonchev–Trinajstić information content (AvgIpc) is 3.33. The zero-order chi connectivity index (χ0) is 32.5. The first-order chi connectivity index (χ1) is 22.2. The Bertz CT molecular complexity index is 2250. The number of nitro groups is 1. The van der Waals surface area contributed by atoms with Crippen LogP contribution in [0.15, 0.2) is 104 Å². The van der Waals surface area contributed by atoms with Gasteiger partial charge in [0.25, 0.3) is 11.2 Å². The van der Waals surface area contributed by atoms with Gasteiger partial charge in [0.05, 0.1) is 37.8 Å². The number of benzene rings is 4. The zero-order valence-electron chi connectivity index (χ0n) is 25.2. The van der Waals surface area contributed by atoms with Gasteiger partial charge in [0.15, 0.2) is 4.80 Å². The molecule has 0 saturated carbocycles. The lowest BCUT2D eigenvalue weighted by molar-refractivity contribution is -0.385. The number of thiazole rings is 1. The largest absolute Gasteiger partial charge is 0.488 e. The topological polar surface area (TPSA) is 113 Å². The van der Waals surface area contributed by atoms with E-state index in [1.54, 1.807) is 39.0 Å². The van der Waals surface area contributed by atoms with Crippen LogP contribution in [0.1, 0.15) is 42.1 Å². The van der Waals surface area contributed by atoms with Crippen molar-refractivity contribution >= 4 is 55.8 Å². The maximum Gasteiger partial charge on any atom is 0.338 e. The molecule has 1 aliphatic heterocycles. The van der Waals surface area contributed by atoms with E-state index in [9.17, 15) is 19.7 Å². The van der Waals surface area contributed by atoms with E-state index in [0.29, 0.717) is 38.5 Å². The number of carbonyl (C=O) groups excluding carboxylic acids is 1. The van der Waals surface area contributed by atoms with Crippen molar-refractivity contribution in [3.63, 3.8) is 0 Å². The molecule has 5 aromatic rings. The molecule has 6 rings (SSSR count). The van der Waals surface area contributed by atoms with Gasteiger partial charge in [-0.15, -0.1) is 0 Å². The lowest BCUT2D eigenvalue weighted by atomic mass is 9.94. The fourth-order valence-corrected chi connectivity index (χ4v) is 7.11. The van der Waals surface area contributed by atoms with Crippen LogP contribution in [0.4, 0.5) is 5.69 Å². The molecule has 1 aliphatic rings. The highest BCUT2D eigenvalue weighted by Crippen LogP contribution is 2.34. The molecule has 0 fully saturated rings. The van der Waals surface area contributed by atoms with Crippen molar-refractivity contribution in [1.29, 1.82) is 0 Å². The third-order valence-electron chi connectivity index (χ3n) is 7.78. The lowest BCUT2D eigenvalue weighted by Crippen LogP contribution is -2.40. The van der Waals surface area contributed by atoms with Crippen molar-refractivity contribution in [3.05, 3.63) is 147 Å². The summed E-state index contributed by atoms with van der Waals surface area (Å²) in [5.41, 5.74) is 2.76. The summed E-state index contributed by atoms with van der Waals surface area (Å²) in [4.78, 5) is 43.4. The highest BCUT2D eigenvalue weighted by molar-refractivity contribution is 9.10. The van der Waals surface area contributed by atoms with E-state index in [1.807, 2.05) is 42.5 Å². The minimum absolute atomic E-state index is 0.106. The average molecular weight is 699 g/mol. The lowest BCUT2D eigenvalue weighted by Gasteiger charge is -2.24. The Morgan fingerprint density at radius 2 is 1.87 bits per heavy atom. The van der Waals surface area contributed by atoms with Gasteiger partial charge in [-0.3, -0.25) is 19.5 Å². The Kier molecular flexibility index (Phi) is 8.70. The number of allylic oxidation sites excluding steroid dienone is 1. The van der Waals surface area contributed by atoms with Crippen LogP contribution in [0.3, 0.4) is 0 Å². The number of halogens is 1. The first kappa shape index (κ1) is 31.1. The number of fused-ring (bicyclic) bond motifs is 2. The Balaban J connectivity index is 1.37. The zero-order valence-corrected chi connectivity index (χ0v) is 27.6. The molecule has 2 heterocycles. The van der Waals surface area contributed by atoms with Gasteiger partial charge in [-0.2, -0.15) is 0 Å². The maximum atomic E-state index is 14.0. The predicted octanol–water partition coefficient (Wildman–Crippen LogP) is 6.51. The van der Waals surface area contributed by atoms with E-state index in [-0.39, 0.29) is 23.4 Å². The molecular formula is C35H28BrN3O6S. The van der Waals surface area contributed by atoms with Crippen molar-refractivity contribution in [2.45, 2.75) is 33.4 Å². The van der Waals surface area contributed by atoms with E-state index >= 15 is 0 Å². The molecule has 46 heavy (non-hydrogen) atoms. The standard InChI is InChI=1S/C35H28BrN3O6S/c1-4-44-34(41)31-21(3)37-35-38(32(31)24-14-12-20(2)28(18-24)39(42)43)33(40)30(46-35)17-22-13-15-29(27(36)16-22)45-19-25-10-7-9-23-8-5-6-11-26(23)25/h5-18,32H,4,19H2,1-3H3/b30-17+/t32-/m1/s1. The Hall–Kier alpha value is -4.87. The predicted molar refractivity (Wildman–Crippen MR) is 181 cm³/mol. The van der Waals surface area contributed by atoms with E-state index < -0.39 is 16.9 Å². The number of rotatable bonds is 8.